The van der Waals surface area contributed by atoms with Crippen molar-refractivity contribution in [1.29, 1.82) is 0 Å². The number of hydrogen-bond acceptors (Lipinski definition) is 7. The molecule has 0 unspecified atom stereocenters. The first-order valence-electron chi connectivity index (χ1n) is 14.0. The summed E-state index contributed by atoms with van der Waals surface area (Å²) in [4.78, 5) is 27.6. The summed E-state index contributed by atoms with van der Waals surface area (Å²) in [6.45, 7) is 3.57. The van der Waals surface area contributed by atoms with Crippen LogP contribution in [0.2, 0.25) is 0 Å². The van der Waals surface area contributed by atoms with Crippen LogP contribution in [-0.2, 0) is 17.5 Å². The first-order valence-corrected chi connectivity index (χ1v) is 14.0. The highest BCUT2D eigenvalue weighted by Gasteiger charge is 2.33. The van der Waals surface area contributed by atoms with Crippen LogP contribution in [0.25, 0.3) is 11.2 Å². The summed E-state index contributed by atoms with van der Waals surface area (Å²) >= 11 is 0. The molecule has 1 saturated heterocycles. The molecule has 1 aliphatic carbocycles. The van der Waals surface area contributed by atoms with E-state index >= 15 is 0 Å². The fourth-order valence-corrected chi connectivity index (χ4v) is 5.64. The lowest BCUT2D eigenvalue weighted by Gasteiger charge is -2.37. The van der Waals surface area contributed by atoms with Gasteiger partial charge in [0, 0.05) is 12.6 Å². The third-order valence-electron chi connectivity index (χ3n) is 8.19. The number of benzene rings is 2. The first-order chi connectivity index (χ1) is 20.2. The largest absolute Gasteiger partial charge is 0.475 e. The molecule has 2 atom stereocenters. The molecule has 1 saturated carbocycles. The Kier molecular flexibility index (Phi) is 7.48. The molecule has 12 heteroatoms. The molecular weight excluding hydrogens is 549 g/mol. The number of ether oxygens (including phenoxy) is 1. The van der Waals surface area contributed by atoms with E-state index in [9.17, 15) is 23.1 Å². The maximum absolute atomic E-state index is 13.3. The van der Waals surface area contributed by atoms with Crippen molar-refractivity contribution in [2.24, 2.45) is 5.92 Å². The van der Waals surface area contributed by atoms with Crippen molar-refractivity contribution in [2.45, 2.75) is 51.0 Å². The van der Waals surface area contributed by atoms with Crippen LogP contribution in [0.1, 0.15) is 59.5 Å². The van der Waals surface area contributed by atoms with E-state index in [2.05, 4.69) is 20.2 Å². The zero-order chi connectivity index (χ0) is 29.4. The Labute approximate surface area is 240 Å². The fourth-order valence-electron chi connectivity index (χ4n) is 5.64. The molecule has 2 fully saturated rings. The highest BCUT2D eigenvalue weighted by Crippen LogP contribution is 2.36. The number of nitrogens with zero attached hydrogens (tertiary/aromatic N) is 5. The number of rotatable bonds is 8. The van der Waals surface area contributed by atoms with E-state index in [1.807, 2.05) is 41.8 Å². The molecule has 0 bridgehead atoms. The van der Waals surface area contributed by atoms with E-state index in [4.69, 9.17) is 9.72 Å². The highest BCUT2D eigenvalue weighted by atomic mass is 19.4. The van der Waals surface area contributed by atoms with Gasteiger partial charge in [-0.05, 0) is 48.9 Å². The molecule has 0 spiro atoms. The van der Waals surface area contributed by atoms with Gasteiger partial charge in [-0.1, -0.05) is 48.9 Å². The zero-order valence-electron chi connectivity index (χ0n) is 23.0. The van der Waals surface area contributed by atoms with E-state index in [1.54, 1.807) is 0 Å². The van der Waals surface area contributed by atoms with E-state index in [0.29, 0.717) is 48.5 Å². The van der Waals surface area contributed by atoms with E-state index < -0.39 is 17.7 Å². The Morgan fingerprint density at radius 1 is 1.10 bits per heavy atom. The van der Waals surface area contributed by atoms with Gasteiger partial charge in [0.05, 0.1) is 31.4 Å². The number of carboxylic acid groups (broad SMARTS) is 1. The predicted molar refractivity (Wildman–Crippen MR) is 151 cm³/mol. The minimum Gasteiger partial charge on any atom is -0.475 e. The summed E-state index contributed by atoms with van der Waals surface area (Å²) in [5.41, 5.74) is 1.60. The standard InChI is InChI=1S/C30H31F3N6O3/c1-18(20-8-5-9-20)34-25-24-26(36-27(35-25)28(40)41)37-29(38-14-15-42-17-23(38)21-6-3-2-4-7-21)39(24)16-19-10-12-22(13-11-19)30(31,32)33/h2-4,6-7,10-13,18,20,23H,5,8-9,14-17H2,1H3,(H,40,41)(H,34,35,36)/t18-,23+/m1/s1. The van der Waals surface area contributed by atoms with Gasteiger partial charge in [0.2, 0.25) is 11.8 Å². The summed E-state index contributed by atoms with van der Waals surface area (Å²) in [5, 5.41) is 13.2. The number of anilines is 2. The lowest BCUT2D eigenvalue weighted by Crippen LogP contribution is -2.41. The summed E-state index contributed by atoms with van der Waals surface area (Å²) in [6.07, 6.45) is -1.17. The van der Waals surface area contributed by atoms with E-state index in [1.165, 1.54) is 12.1 Å². The number of aromatic nitrogens is 4. The summed E-state index contributed by atoms with van der Waals surface area (Å²) in [6, 6.07) is 14.7. The van der Waals surface area contributed by atoms with Crippen LogP contribution >= 0.6 is 0 Å². The Morgan fingerprint density at radius 2 is 1.83 bits per heavy atom. The maximum atomic E-state index is 13.3. The number of nitrogens with one attached hydrogen (secondary N) is 1. The number of imidazole rings is 1. The smallest absolute Gasteiger partial charge is 0.416 e. The molecule has 2 aromatic heterocycles. The fraction of sp³-hybridized carbons (Fsp3) is 0.400. The molecule has 0 amide bonds. The van der Waals surface area contributed by atoms with Gasteiger partial charge in [0.1, 0.15) is 5.52 Å². The number of hydrogen-bond donors (Lipinski definition) is 2. The second-order valence-corrected chi connectivity index (χ2v) is 10.9. The normalized spacial score (nSPS) is 18.6. The number of carboxylic acids is 1. The van der Waals surface area contributed by atoms with Gasteiger partial charge < -0.3 is 24.6 Å². The molecule has 6 rings (SSSR count). The Bertz CT molecular complexity index is 1570. The minimum absolute atomic E-state index is 0.0248. The average Bonchev–Trinajstić information content (AvgIpc) is 3.30. The molecule has 9 nitrogen and oxygen atoms in total. The zero-order valence-corrected chi connectivity index (χ0v) is 23.0. The monoisotopic (exact) mass is 580 g/mol. The Morgan fingerprint density at radius 3 is 2.48 bits per heavy atom. The van der Waals surface area contributed by atoms with Crippen molar-refractivity contribution < 1.29 is 27.8 Å². The molecule has 2 aromatic carbocycles. The molecule has 0 radical (unpaired) electrons. The van der Waals surface area contributed by atoms with Crippen LogP contribution in [0.3, 0.4) is 0 Å². The average molecular weight is 581 g/mol. The maximum Gasteiger partial charge on any atom is 0.416 e. The van der Waals surface area contributed by atoms with Gasteiger partial charge in [-0.25, -0.2) is 14.8 Å². The van der Waals surface area contributed by atoms with Crippen molar-refractivity contribution in [1.82, 2.24) is 19.5 Å². The van der Waals surface area contributed by atoms with Crippen LogP contribution in [0.5, 0.6) is 0 Å². The molecule has 4 aromatic rings. The first kappa shape index (κ1) is 28.0. The van der Waals surface area contributed by atoms with Gasteiger partial charge in [-0.15, -0.1) is 0 Å². The van der Waals surface area contributed by atoms with Gasteiger partial charge in [-0.2, -0.15) is 18.2 Å². The number of aromatic carboxylic acids is 1. The molecule has 2 aliphatic rings. The third-order valence-corrected chi connectivity index (χ3v) is 8.19. The topological polar surface area (TPSA) is 105 Å². The van der Waals surface area contributed by atoms with Crippen LogP contribution in [0.15, 0.2) is 54.6 Å². The second-order valence-electron chi connectivity index (χ2n) is 10.9. The lowest BCUT2D eigenvalue weighted by atomic mass is 9.80. The summed E-state index contributed by atoms with van der Waals surface area (Å²) < 4.78 is 47.6. The number of carbonyl (C=O) groups is 1. The summed E-state index contributed by atoms with van der Waals surface area (Å²) in [7, 11) is 0. The van der Waals surface area contributed by atoms with Crippen LogP contribution in [0.4, 0.5) is 24.9 Å². The SMILES string of the molecule is C[C@@H](Nc1nc(C(=O)O)nc2nc(N3CCOC[C@H]3c3ccccc3)n(Cc3ccc(C(F)(F)F)cc3)c12)C1CCC1. The highest BCUT2D eigenvalue weighted by molar-refractivity contribution is 5.92. The molecule has 220 valence electrons. The molecule has 1 aliphatic heterocycles. The van der Waals surface area contributed by atoms with Crippen molar-refractivity contribution in [3.05, 3.63) is 77.1 Å². The number of halogens is 3. The Balaban J connectivity index is 1.51. The van der Waals surface area contributed by atoms with Crippen molar-refractivity contribution in [3.63, 3.8) is 0 Å². The summed E-state index contributed by atoms with van der Waals surface area (Å²) in [5.74, 6) is -0.372. The van der Waals surface area contributed by atoms with Crippen molar-refractivity contribution in [3.8, 4) is 0 Å². The molecule has 3 heterocycles. The van der Waals surface area contributed by atoms with Gasteiger partial charge in [-0.3, -0.25) is 0 Å². The van der Waals surface area contributed by atoms with Gasteiger partial charge in [0.25, 0.3) is 0 Å². The Hall–Kier alpha value is -4.19. The number of fused-ring (bicyclic) bond motifs is 1. The van der Waals surface area contributed by atoms with Crippen LogP contribution < -0.4 is 10.2 Å². The van der Waals surface area contributed by atoms with E-state index in [-0.39, 0.29) is 30.1 Å². The lowest BCUT2D eigenvalue weighted by molar-refractivity contribution is -0.137. The minimum atomic E-state index is -4.45. The molecular formula is C30H31F3N6O3. The number of alkyl halides is 3. The quantitative estimate of drug-likeness (QED) is 0.271. The van der Waals surface area contributed by atoms with E-state index in [0.717, 1.165) is 37.0 Å². The molecule has 42 heavy (non-hydrogen) atoms. The molecule has 2 N–H and O–H groups in total. The van der Waals surface area contributed by atoms with Crippen molar-refractivity contribution >= 4 is 28.9 Å². The van der Waals surface area contributed by atoms with Crippen molar-refractivity contribution in [2.75, 3.05) is 30.0 Å². The van der Waals surface area contributed by atoms with Crippen LogP contribution in [0, 0.1) is 5.92 Å². The predicted octanol–water partition coefficient (Wildman–Crippen LogP) is 5.77. The third kappa shape index (κ3) is 5.50. The van der Waals surface area contributed by atoms with Gasteiger partial charge >= 0.3 is 12.1 Å². The van der Waals surface area contributed by atoms with Crippen LogP contribution in [-0.4, -0.2) is 56.4 Å². The van der Waals surface area contributed by atoms with Gasteiger partial charge in [0.15, 0.2) is 11.5 Å². The second kappa shape index (κ2) is 11.2. The number of morpholine rings is 1.